The van der Waals surface area contributed by atoms with Crippen LogP contribution in [0, 0.1) is 11.3 Å². The van der Waals surface area contributed by atoms with E-state index in [-0.39, 0.29) is 11.8 Å². The summed E-state index contributed by atoms with van der Waals surface area (Å²) in [6.45, 7) is 2.15. The van der Waals surface area contributed by atoms with Crippen molar-refractivity contribution >= 4 is 27.5 Å². The third-order valence-electron chi connectivity index (χ3n) is 4.93. The number of pyridine rings is 1. The number of aromatic nitrogens is 3. The Morgan fingerprint density at radius 2 is 2.04 bits per heavy atom. The van der Waals surface area contributed by atoms with Gasteiger partial charge in [0, 0.05) is 33.6 Å². The summed E-state index contributed by atoms with van der Waals surface area (Å²) in [4.78, 5) is 9.53. The molecule has 134 valence electrons. The van der Waals surface area contributed by atoms with E-state index in [2.05, 4.69) is 56.2 Å². The van der Waals surface area contributed by atoms with Gasteiger partial charge in [-0.2, -0.15) is 10.4 Å². The van der Waals surface area contributed by atoms with Gasteiger partial charge in [0.25, 0.3) is 0 Å². The molecular weight excluding hydrogens is 402 g/mol. The van der Waals surface area contributed by atoms with Crippen LogP contribution in [0.4, 0.5) is 5.82 Å². The first-order chi connectivity index (χ1) is 13.2. The van der Waals surface area contributed by atoms with Crippen LogP contribution in [0.3, 0.4) is 0 Å². The fourth-order valence-electron chi connectivity index (χ4n) is 3.78. The maximum atomic E-state index is 9.48. The molecule has 5 nitrogen and oxygen atoms in total. The highest BCUT2D eigenvalue weighted by Gasteiger charge is 2.38. The normalized spacial score (nSPS) is 18.5. The lowest BCUT2D eigenvalue weighted by molar-refractivity contribution is 0.694. The van der Waals surface area contributed by atoms with Gasteiger partial charge in [-0.25, -0.2) is 4.99 Å². The summed E-state index contributed by atoms with van der Waals surface area (Å²) in [6, 6.07) is 14.1. The molecule has 1 aliphatic rings. The van der Waals surface area contributed by atoms with Crippen LogP contribution >= 0.6 is 15.9 Å². The van der Waals surface area contributed by atoms with E-state index in [1.807, 2.05) is 36.7 Å². The number of H-pyrrole nitrogens is 1. The van der Waals surface area contributed by atoms with Crippen LogP contribution < -0.4 is 0 Å². The molecule has 2 aromatic heterocycles. The third-order valence-corrected chi connectivity index (χ3v) is 5.81. The first-order valence-corrected chi connectivity index (χ1v) is 9.74. The molecule has 0 bridgehead atoms. The Kier molecular flexibility index (Phi) is 4.87. The van der Waals surface area contributed by atoms with Crippen LogP contribution in [-0.2, 0) is 0 Å². The van der Waals surface area contributed by atoms with Crippen LogP contribution in [0.15, 0.2) is 58.3 Å². The van der Waals surface area contributed by atoms with E-state index in [1.165, 1.54) is 0 Å². The van der Waals surface area contributed by atoms with Crippen molar-refractivity contribution in [1.29, 1.82) is 5.26 Å². The first-order valence-electron chi connectivity index (χ1n) is 8.94. The molecule has 0 fully saturated rings. The molecule has 4 rings (SSSR count). The Hall–Kier alpha value is -2.78. The minimum Gasteiger partial charge on any atom is -0.261 e. The molecule has 0 spiro atoms. The number of halogens is 1. The Labute approximate surface area is 166 Å². The average Bonchev–Trinajstić information content (AvgIpc) is 3.16. The van der Waals surface area contributed by atoms with Crippen molar-refractivity contribution in [3.63, 3.8) is 0 Å². The zero-order valence-corrected chi connectivity index (χ0v) is 16.4. The predicted octanol–water partition coefficient (Wildman–Crippen LogP) is 5.24. The Balaban J connectivity index is 1.97. The second kappa shape index (κ2) is 7.45. The summed E-state index contributed by atoms with van der Waals surface area (Å²) in [6.07, 6.45) is 5.54. The maximum Gasteiger partial charge on any atom is 0.151 e. The second-order valence-electron chi connectivity index (χ2n) is 6.56. The highest BCUT2D eigenvalue weighted by atomic mass is 79.9. The van der Waals surface area contributed by atoms with Crippen molar-refractivity contribution < 1.29 is 0 Å². The summed E-state index contributed by atoms with van der Waals surface area (Å²) in [7, 11) is 0. The summed E-state index contributed by atoms with van der Waals surface area (Å²) in [5.41, 5.74) is 4.78. The number of benzene rings is 1. The molecule has 0 aliphatic carbocycles. The quantitative estimate of drug-likeness (QED) is 0.627. The minimum absolute atomic E-state index is 0.00138. The summed E-state index contributed by atoms with van der Waals surface area (Å²) >= 11 is 3.66. The predicted molar refractivity (Wildman–Crippen MR) is 108 cm³/mol. The Morgan fingerprint density at radius 1 is 1.15 bits per heavy atom. The standard InChI is InChI=1S/C21H18BrN5/c1-2-6-17-19(16-9-3-4-10-24-16)18(15-12-25-27-21(15)26-17)14-8-5-7-13(11-23)20(14)22/h3-5,7-10,12,18-19H,2,6H2,1H3,(H,25,27). The number of nitrogens with zero attached hydrogens (tertiary/aromatic N) is 4. The van der Waals surface area contributed by atoms with Gasteiger partial charge >= 0.3 is 0 Å². The van der Waals surface area contributed by atoms with Gasteiger partial charge in [0.15, 0.2) is 5.82 Å². The van der Waals surface area contributed by atoms with E-state index >= 15 is 0 Å². The van der Waals surface area contributed by atoms with Gasteiger partial charge in [0.05, 0.1) is 17.7 Å². The average molecular weight is 420 g/mol. The summed E-state index contributed by atoms with van der Waals surface area (Å²) < 4.78 is 0.823. The van der Waals surface area contributed by atoms with Crippen LogP contribution in [-0.4, -0.2) is 20.9 Å². The van der Waals surface area contributed by atoms with Crippen molar-refractivity contribution in [2.75, 3.05) is 0 Å². The topological polar surface area (TPSA) is 77.7 Å². The molecular formula is C21H18BrN5. The van der Waals surface area contributed by atoms with Crippen molar-refractivity contribution in [2.24, 2.45) is 4.99 Å². The number of rotatable bonds is 4. The number of nitriles is 1. The van der Waals surface area contributed by atoms with E-state index in [0.29, 0.717) is 5.56 Å². The molecule has 3 heterocycles. The van der Waals surface area contributed by atoms with Crippen molar-refractivity contribution in [3.8, 4) is 6.07 Å². The first kappa shape index (κ1) is 17.6. The molecule has 6 heteroatoms. The fourth-order valence-corrected chi connectivity index (χ4v) is 4.38. The van der Waals surface area contributed by atoms with Crippen LogP contribution in [0.25, 0.3) is 0 Å². The van der Waals surface area contributed by atoms with Gasteiger partial charge in [0.1, 0.15) is 6.07 Å². The van der Waals surface area contributed by atoms with E-state index in [0.717, 1.165) is 45.7 Å². The van der Waals surface area contributed by atoms with Gasteiger partial charge in [-0.3, -0.25) is 10.1 Å². The third kappa shape index (κ3) is 3.08. The number of nitrogens with one attached hydrogen (secondary N) is 1. The molecule has 0 saturated heterocycles. The van der Waals surface area contributed by atoms with E-state index < -0.39 is 0 Å². The number of hydrogen-bond donors (Lipinski definition) is 1. The molecule has 3 aromatic rings. The lowest BCUT2D eigenvalue weighted by atomic mass is 9.74. The molecule has 1 aliphatic heterocycles. The smallest absolute Gasteiger partial charge is 0.151 e. The number of aromatic amines is 1. The SMILES string of the molecule is CCCC1=Nc2[nH]ncc2C(c2cccc(C#N)c2Br)C1c1ccccn1. The second-order valence-corrected chi connectivity index (χ2v) is 7.35. The van der Waals surface area contributed by atoms with E-state index in [4.69, 9.17) is 4.99 Å². The van der Waals surface area contributed by atoms with Crippen molar-refractivity contribution in [2.45, 2.75) is 31.6 Å². The highest BCUT2D eigenvalue weighted by molar-refractivity contribution is 9.10. The molecule has 0 radical (unpaired) electrons. The Morgan fingerprint density at radius 3 is 2.78 bits per heavy atom. The number of fused-ring (bicyclic) bond motifs is 1. The van der Waals surface area contributed by atoms with Gasteiger partial charge in [-0.15, -0.1) is 0 Å². The van der Waals surface area contributed by atoms with E-state index in [1.54, 1.807) is 0 Å². The lowest BCUT2D eigenvalue weighted by Crippen LogP contribution is -2.25. The number of aliphatic imine (C=N–C) groups is 1. The monoisotopic (exact) mass is 419 g/mol. The lowest BCUT2D eigenvalue weighted by Gasteiger charge is -2.32. The highest BCUT2D eigenvalue weighted by Crippen LogP contribution is 2.48. The zero-order chi connectivity index (χ0) is 18.8. The molecule has 1 N–H and O–H groups in total. The van der Waals surface area contributed by atoms with Crippen LogP contribution in [0.1, 0.15) is 54.0 Å². The molecule has 0 saturated carbocycles. The van der Waals surface area contributed by atoms with Crippen LogP contribution in [0.2, 0.25) is 0 Å². The largest absolute Gasteiger partial charge is 0.261 e. The zero-order valence-electron chi connectivity index (χ0n) is 14.9. The number of hydrogen-bond acceptors (Lipinski definition) is 4. The van der Waals surface area contributed by atoms with Crippen molar-refractivity contribution in [3.05, 3.63) is 75.6 Å². The summed E-state index contributed by atoms with van der Waals surface area (Å²) in [5.74, 6) is 0.779. The maximum absolute atomic E-state index is 9.48. The molecule has 27 heavy (non-hydrogen) atoms. The molecule has 2 atom stereocenters. The van der Waals surface area contributed by atoms with Gasteiger partial charge < -0.3 is 0 Å². The summed E-state index contributed by atoms with van der Waals surface area (Å²) in [5, 5.41) is 16.8. The molecule has 2 unspecified atom stereocenters. The van der Waals surface area contributed by atoms with Gasteiger partial charge in [-0.05, 0) is 46.1 Å². The Bertz CT molecular complexity index is 1030. The molecule has 0 amide bonds. The van der Waals surface area contributed by atoms with Crippen molar-refractivity contribution in [1.82, 2.24) is 15.2 Å². The van der Waals surface area contributed by atoms with Gasteiger partial charge in [0.2, 0.25) is 0 Å². The van der Waals surface area contributed by atoms with E-state index in [9.17, 15) is 5.26 Å². The molecule has 1 aromatic carbocycles. The van der Waals surface area contributed by atoms with Crippen LogP contribution in [0.5, 0.6) is 0 Å². The van der Waals surface area contributed by atoms with Gasteiger partial charge in [-0.1, -0.05) is 31.5 Å². The minimum atomic E-state index is -0.0182. The fraction of sp³-hybridized carbons (Fsp3) is 0.238.